The number of carboxylic acids is 1. The van der Waals surface area contributed by atoms with Crippen LogP contribution in [0.15, 0.2) is 30.2 Å². The van der Waals surface area contributed by atoms with Crippen LogP contribution in [0.4, 0.5) is 0 Å². The Balaban J connectivity index is 3.14. The standard InChI is InChI=1S/C20H30N2O5/c1-20(2,3)10-11-21-15(13-17(23)24)18(25)22-16(19(26)27-4)12-14-8-6-5-7-9-14/h5-9,15-16,21H,10-13H2,1-4H3,(H,22,25)(H,23,24)/t15-,16+/m1/s1/i5D,6D,7D,8D,9D. The first-order chi connectivity index (χ1) is 14.7. The highest BCUT2D eigenvalue weighted by Crippen LogP contribution is 2.17. The summed E-state index contributed by atoms with van der Waals surface area (Å²) < 4.78 is 43.9. The van der Waals surface area contributed by atoms with Crippen molar-refractivity contribution in [1.82, 2.24) is 10.6 Å². The molecular formula is C20H30N2O5. The van der Waals surface area contributed by atoms with Crippen molar-refractivity contribution in [3.8, 4) is 0 Å². The van der Waals surface area contributed by atoms with Crippen molar-refractivity contribution in [2.24, 2.45) is 5.41 Å². The highest BCUT2D eigenvalue weighted by Gasteiger charge is 2.28. The van der Waals surface area contributed by atoms with E-state index in [1.165, 1.54) is 0 Å². The molecular weight excluding hydrogens is 348 g/mol. The molecule has 0 spiro atoms. The maximum absolute atomic E-state index is 12.8. The number of carbonyl (C=O) groups is 3. The SMILES string of the molecule is [2H]c1c([2H])c([2H])c(C[C@H](NC(=O)[C@@H](CC(=O)O)NCCC(C)(C)C)C(=O)OC)c([2H])c1[2H]. The second-order valence-corrected chi connectivity index (χ2v) is 7.31. The molecule has 150 valence electrons. The molecule has 0 saturated carbocycles. The number of carbonyl (C=O) groups excluding carboxylic acids is 2. The van der Waals surface area contributed by atoms with Crippen LogP contribution in [0.3, 0.4) is 0 Å². The van der Waals surface area contributed by atoms with E-state index >= 15 is 0 Å². The Morgan fingerprint density at radius 3 is 2.33 bits per heavy atom. The summed E-state index contributed by atoms with van der Waals surface area (Å²) in [4.78, 5) is 36.3. The number of hydrogen-bond donors (Lipinski definition) is 3. The normalized spacial score (nSPS) is 16.1. The molecule has 2 atom stereocenters. The van der Waals surface area contributed by atoms with Crippen molar-refractivity contribution in [3.05, 3.63) is 35.8 Å². The summed E-state index contributed by atoms with van der Waals surface area (Å²) in [6.45, 7) is 6.35. The molecule has 3 N–H and O–H groups in total. The lowest BCUT2D eigenvalue weighted by Gasteiger charge is -2.23. The van der Waals surface area contributed by atoms with Crippen molar-refractivity contribution in [1.29, 1.82) is 0 Å². The van der Waals surface area contributed by atoms with Gasteiger partial charge in [-0.15, -0.1) is 0 Å². The van der Waals surface area contributed by atoms with E-state index in [0.717, 1.165) is 7.11 Å². The number of benzene rings is 1. The monoisotopic (exact) mass is 383 g/mol. The van der Waals surface area contributed by atoms with Gasteiger partial charge in [0.05, 0.1) is 26.4 Å². The zero-order chi connectivity index (χ0) is 24.8. The first kappa shape index (κ1) is 15.6. The van der Waals surface area contributed by atoms with E-state index < -0.39 is 73.0 Å². The van der Waals surface area contributed by atoms with Gasteiger partial charge in [0.2, 0.25) is 5.91 Å². The van der Waals surface area contributed by atoms with E-state index in [4.69, 9.17) is 16.7 Å². The van der Waals surface area contributed by atoms with Gasteiger partial charge in [-0.3, -0.25) is 9.59 Å². The third kappa shape index (κ3) is 9.19. The molecule has 1 amide bonds. The second-order valence-electron chi connectivity index (χ2n) is 7.31. The highest BCUT2D eigenvalue weighted by molar-refractivity contribution is 5.90. The Morgan fingerprint density at radius 2 is 1.81 bits per heavy atom. The highest BCUT2D eigenvalue weighted by atomic mass is 16.5. The van der Waals surface area contributed by atoms with Gasteiger partial charge in [0, 0.05) is 6.42 Å². The first-order valence-electron chi connectivity index (χ1n) is 11.1. The molecule has 0 saturated heterocycles. The number of carboxylic acid groups (broad SMARTS) is 1. The van der Waals surface area contributed by atoms with Gasteiger partial charge in [0.15, 0.2) is 0 Å². The first-order valence-corrected chi connectivity index (χ1v) is 8.58. The third-order valence-corrected chi connectivity index (χ3v) is 3.72. The van der Waals surface area contributed by atoms with Crippen LogP contribution >= 0.6 is 0 Å². The average molecular weight is 383 g/mol. The fraction of sp³-hybridized carbons (Fsp3) is 0.550. The van der Waals surface area contributed by atoms with Crippen LogP contribution in [-0.4, -0.2) is 48.7 Å². The molecule has 0 heterocycles. The second kappa shape index (κ2) is 10.7. The Bertz CT molecular complexity index is 844. The van der Waals surface area contributed by atoms with E-state index in [1.54, 1.807) is 0 Å². The number of methoxy groups -OCH3 is 1. The fourth-order valence-corrected chi connectivity index (χ4v) is 2.24. The zero-order valence-corrected chi connectivity index (χ0v) is 16.1. The van der Waals surface area contributed by atoms with Crippen LogP contribution in [0.1, 0.15) is 46.0 Å². The number of rotatable bonds is 10. The minimum absolute atomic E-state index is 0.0488. The maximum Gasteiger partial charge on any atom is 0.328 e. The summed E-state index contributed by atoms with van der Waals surface area (Å²) in [5, 5.41) is 14.4. The molecule has 1 rings (SSSR count). The van der Waals surface area contributed by atoms with Gasteiger partial charge in [-0.05, 0) is 23.9 Å². The van der Waals surface area contributed by atoms with Gasteiger partial charge in [0.1, 0.15) is 6.04 Å². The molecule has 0 aliphatic rings. The smallest absolute Gasteiger partial charge is 0.328 e. The van der Waals surface area contributed by atoms with E-state index in [0.29, 0.717) is 13.0 Å². The third-order valence-electron chi connectivity index (χ3n) is 3.72. The topological polar surface area (TPSA) is 105 Å². The fourth-order valence-electron chi connectivity index (χ4n) is 2.24. The molecule has 7 heteroatoms. The van der Waals surface area contributed by atoms with E-state index in [1.807, 2.05) is 20.8 Å². The molecule has 1 aromatic carbocycles. The molecule has 0 aliphatic carbocycles. The summed E-state index contributed by atoms with van der Waals surface area (Å²) in [5.74, 6) is -2.88. The number of amides is 1. The maximum atomic E-state index is 12.8. The van der Waals surface area contributed by atoms with Crippen LogP contribution < -0.4 is 10.6 Å². The summed E-state index contributed by atoms with van der Waals surface area (Å²) in [6.07, 6.45) is -0.284. The minimum Gasteiger partial charge on any atom is -0.481 e. The summed E-state index contributed by atoms with van der Waals surface area (Å²) in [7, 11) is 1.08. The van der Waals surface area contributed by atoms with Gasteiger partial charge >= 0.3 is 11.9 Å². The van der Waals surface area contributed by atoms with Crippen LogP contribution in [0.5, 0.6) is 0 Å². The lowest BCUT2D eigenvalue weighted by atomic mass is 9.92. The van der Waals surface area contributed by atoms with Gasteiger partial charge in [-0.1, -0.05) is 51.0 Å². The van der Waals surface area contributed by atoms with Crippen molar-refractivity contribution in [2.45, 2.75) is 52.1 Å². The zero-order valence-electron chi connectivity index (χ0n) is 21.1. The number of esters is 1. The summed E-state index contributed by atoms with van der Waals surface area (Å²) in [5.41, 5.74) is -0.213. The molecule has 27 heavy (non-hydrogen) atoms. The Morgan fingerprint density at radius 1 is 1.19 bits per heavy atom. The van der Waals surface area contributed by atoms with Crippen LogP contribution in [0, 0.1) is 5.41 Å². The number of aliphatic carboxylic acids is 1. The van der Waals surface area contributed by atoms with Crippen LogP contribution in [-0.2, 0) is 25.5 Å². The Kier molecular flexibility index (Phi) is 6.18. The number of nitrogens with one attached hydrogen (secondary N) is 2. The van der Waals surface area contributed by atoms with Gasteiger partial charge < -0.3 is 20.5 Å². The van der Waals surface area contributed by atoms with Crippen molar-refractivity contribution in [2.75, 3.05) is 13.7 Å². The molecule has 7 nitrogen and oxygen atoms in total. The minimum atomic E-state index is -1.38. The van der Waals surface area contributed by atoms with Crippen molar-refractivity contribution < 1.29 is 31.1 Å². The quantitative estimate of drug-likeness (QED) is 0.532. The largest absolute Gasteiger partial charge is 0.481 e. The molecule has 0 fully saturated rings. The lowest BCUT2D eigenvalue weighted by molar-refractivity contribution is -0.145. The lowest BCUT2D eigenvalue weighted by Crippen LogP contribution is -2.52. The molecule has 0 aromatic heterocycles. The summed E-state index contributed by atoms with van der Waals surface area (Å²) in [6, 6.07) is -5.22. The van der Waals surface area contributed by atoms with Gasteiger partial charge in [-0.25, -0.2) is 4.79 Å². The number of ether oxygens (including phenoxy) is 1. The predicted octanol–water partition coefficient (Wildman–Crippen LogP) is 1.76. The van der Waals surface area contributed by atoms with E-state index in [-0.39, 0.29) is 11.0 Å². The molecule has 0 unspecified atom stereocenters. The van der Waals surface area contributed by atoms with Crippen LogP contribution in [0.2, 0.25) is 0 Å². The van der Waals surface area contributed by atoms with Gasteiger partial charge in [-0.2, -0.15) is 0 Å². The average Bonchev–Trinajstić information content (AvgIpc) is 2.70. The molecule has 1 aromatic rings. The Labute approximate surface area is 167 Å². The van der Waals surface area contributed by atoms with Gasteiger partial charge in [0.25, 0.3) is 0 Å². The Hall–Kier alpha value is -2.41. The molecule has 0 radical (unpaired) electrons. The number of hydrogen-bond acceptors (Lipinski definition) is 5. The van der Waals surface area contributed by atoms with E-state index in [2.05, 4.69) is 10.6 Å². The molecule has 0 bridgehead atoms. The van der Waals surface area contributed by atoms with Crippen molar-refractivity contribution in [3.63, 3.8) is 0 Å². The van der Waals surface area contributed by atoms with Crippen LogP contribution in [0.25, 0.3) is 0 Å². The predicted molar refractivity (Wildman–Crippen MR) is 102 cm³/mol. The summed E-state index contributed by atoms with van der Waals surface area (Å²) >= 11 is 0. The molecule has 0 aliphatic heterocycles. The van der Waals surface area contributed by atoms with Crippen molar-refractivity contribution >= 4 is 17.8 Å². The van der Waals surface area contributed by atoms with E-state index in [9.17, 15) is 14.4 Å².